The highest BCUT2D eigenvalue weighted by molar-refractivity contribution is 4.74. The molecule has 2 aliphatic heterocycles. The lowest BCUT2D eigenvalue weighted by molar-refractivity contribution is -0.0795. The predicted molar refractivity (Wildman–Crippen MR) is 64.2 cm³/mol. The number of hydrogen-bond acceptors (Lipinski definition) is 5. The fraction of sp³-hybridized carbons (Fsp3) is 1.00. The van der Waals surface area contributed by atoms with Crippen molar-refractivity contribution in [2.45, 2.75) is 0 Å². The van der Waals surface area contributed by atoms with E-state index in [1.165, 1.54) is 13.1 Å². The van der Waals surface area contributed by atoms with Gasteiger partial charge in [-0.25, -0.2) is 10.0 Å². The molecule has 5 nitrogen and oxygen atoms in total. The summed E-state index contributed by atoms with van der Waals surface area (Å²) in [6.45, 7) is 10.2. The van der Waals surface area contributed by atoms with E-state index in [9.17, 15) is 0 Å². The van der Waals surface area contributed by atoms with Crippen molar-refractivity contribution in [3.8, 4) is 0 Å². The molecule has 0 spiro atoms. The Kier molecular flexibility index (Phi) is 4.55. The second-order valence-corrected chi connectivity index (χ2v) is 4.78. The smallest absolute Gasteiger partial charge is 0.0558 e. The van der Waals surface area contributed by atoms with Crippen LogP contribution < -0.4 is 0 Å². The Morgan fingerprint density at radius 1 is 0.812 bits per heavy atom. The minimum atomic E-state index is 0.286. The number of hydrogen-bond donors (Lipinski definition) is 1. The van der Waals surface area contributed by atoms with Crippen molar-refractivity contribution < 1.29 is 5.11 Å². The summed E-state index contributed by atoms with van der Waals surface area (Å²) < 4.78 is 0. The first-order valence-electron chi connectivity index (χ1n) is 6.31. The van der Waals surface area contributed by atoms with Crippen LogP contribution in [0.5, 0.6) is 0 Å². The van der Waals surface area contributed by atoms with E-state index in [1.54, 1.807) is 0 Å². The molecule has 94 valence electrons. The van der Waals surface area contributed by atoms with Crippen LogP contribution in [0.2, 0.25) is 0 Å². The third kappa shape index (κ3) is 3.15. The summed E-state index contributed by atoms with van der Waals surface area (Å²) in [7, 11) is 2.19. The van der Waals surface area contributed by atoms with E-state index in [0.717, 1.165) is 45.8 Å². The molecule has 0 radical (unpaired) electrons. The zero-order chi connectivity index (χ0) is 11.4. The number of β-amino-alcohol motifs (C(OH)–C–C–N with tert-alkyl or cyclic N) is 1. The van der Waals surface area contributed by atoms with Gasteiger partial charge in [-0.3, -0.25) is 4.90 Å². The minimum Gasteiger partial charge on any atom is -0.395 e. The monoisotopic (exact) mass is 228 g/mol. The average Bonchev–Trinajstić information content (AvgIpc) is 2.32. The van der Waals surface area contributed by atoms with Gasteiger partial charge in [0, 0.05) is 58.9 Å². The number of rotatable bonds is 3. The summed E-state index contributed by atoms with van der Waals surface area (Å²) in [5.74, 6) is 0. The van der Waals surface area contributed by atoms with Crippen molar-refractivity contribution in [2.24, 2.45) is 0 Å². The summed E-state index contributed by atoms with van der Waals surface area (Å²) in [6, 6.07) is 0. The van der Waals surface area contributed by atoms with E-state index in [4.69, 9.17) is 5.11 Å². The van der Waals surface area contributed by atoms with Gasteiger partial charge in [-0.15, -0.1) is 0 Å². The Balaban J connectivity index is 1.72. The second-order valence-electron chi connectivity index (χ2n) is 4.78. The normalized spacial score (nSPS) is 27.4. The van der Waals surface area contributed by atoms with E-state index in [1.807, 2.05) is 0 Å². The molecule has 0 aliphatic carbocycles. The largest absolute Gasteiger partial charge is 0.395 e. The first-order chi connectivity index (χ1) is 7.79. The Labute approximate surface area is 98.2 Å². The first-order valence-corrected chi connectivity index (χ1v) is 6.31. The highest BCUT2D eigenvalue weighted by Gasteiger charge is 2.23. The van der Waals surface area contributed by atoms with Crippen LogP contribution in [0.1, 0.15) is 0 Å². The maximum atomic E-state index is 8.89. The molecule has 0 aromatic heterocycles. The van der Waals surface area contributed by atoms with Gasteiger partial charge in [-0.2, -0.15) is 0 Å². The molecular formula is C11H24N4O. The summed E-state index contributed by atoms with van der Waals surface area (Å²) in [6.07, 6.45) is 0. The maximum Gasteiger partial charge on any atom is 0.0558 e. The average molecular weight is 228 g/mol. The minimum absolute atomic E-state index is 0.286. The van der Waals surface area contributed by atoms with E-state index in [0.29, 0.717) is 0 Å². The summed E-state index contributed by atoms with van der Waals surface area (Å²) in [5, 5.41) is 13.9. The van der Waals surface area contributed by atoms with Gasteiger partial charge < -0.3 is 10.0 Å². The van der Waals surface area contributed by atoms with Crippen LogP contribution in [-0.2, 0) is 0 Å². The van der Waals surface area contributed by atoms with E-state index >= 15 is 0 Å². The number of nitrogens with zero attached hydrogens (tertiary/aromatic N) is 4. The Morgan fingerprint density at radius 2 is 1.31 bits per heavy atom. The topological polar surface area (TPSA) is 33.2 Å². The molecule has 0 bridgehead atoms. The van der Waals surface area contributed by atoms with E-state index < -0.39 is 0 Å². The molecule has 16 heavy (non-hydrogen) atoms. The quantitative estimate of drug-likeness (QED) is 0.653. The molecular weight excluding hydrogens is 204 g/mol. The van der Waals surface area contributed by atoms with Crippen molar-refractivity contribution >= 4 is 0 Å². The molecule has 0 saturated carbocycles. The summed E-state index contributed by atoms with van der Waals surface area (Å²) in [5.41, 5.74) is 0. The molecule has 2 saturated heterocycles. The molecule has 1 N–H and O–H groups in total. The van der Waals surface area contributed by atoms with Gasteiger partial charge in [0.15, 0.2) is 0 Å². The number of hydrazine groups is 1. The van der Waals surface area contributed by atoms with Gasteiger partial charge in [-0.05, 0) is 7.05 Å². The van der Waals surface area contributed by atoms with Crippen molar-refractivity contribution in [2.75, 3.05) is 72.6 Å². The van der Waals surface area contributed by atoms with Crippen LogP contribution in [0.3, 0.4) is 0 Å². The molecule has 0 unspecified atom stereocenters. The lowest BCUT2D eigenvalue weighted by Gasteiger charge is -2.44. The Bertz CT molecular complexity index is 198. The molecule has 0 atom stereocenters. The van der Waals surface area contributed by atoms with Gasteiger partial charge in [0.1, 0.15) is 0 Å². The lowest BCUT2D eigenvalue weighted by atomic mass is 10.3. The van der Waals surface area contributed by atoms with E-state index in [2.05, 4.69) is 26.9 Å². The fourth-order valence-corrected chi connectivity index (χ4v) is 2.46. The molecule has 2 heterocycles. The van der Waals surface area contributed by atoms with Gasteiger partial charge in [-0.1, -0.05) is 0 Å². The second kappa shape index (κ2) is 5.93. The zero-order valence-electron chi connectivity index (χ0n) is 10.3. The van der Waals surface area contributed by atoms with Crippen LogP contribution >= 0.6 is 0 Å². The van der Waals surface area contributed by atoms with Crippen molar-refractivity contribution in [3.05, 3.63) is 0 Å². The maximum absolute atomic E-state index is 8.89. The first kappa shape index (κ1) is 12.3. The van der Waals surface area contributed by atoms with Crippen molar-refractivity contribution in [1.29, 1.82) is 0 Å². The SMILES string of the molecule is CN1CCN(N2CCN(CCO)CC2)CC1. The molecule has 0 aromatic carbocycles. The number of aliphatic hydroxyl groups excluding tert-OH is 1. The molecule has 0 aromatic rings. The van der Waals surface area contributed by atoms with Crippen molar-refractivity contribution in [3.63, 3.8) is 0 Å². The summed E-state index contributed by atoms with van der Waals surface area (Å²) >= 11 is 0. The zero-order valence-corrected chi connectivity index (χ0v) is 10.3. The Hall–Kier alpha value is -0.200. The van der Waals surface area contributed by atoms with Gasteiger partial charge in [0.05, 0.1) is 6.61 Å². The highest BCUT2D eigenvalue weighted by Crippen LogP contribution is 2.08. The van der Waals surface area contributed by atoms with Crippen molar-refractivity contribution in [1.82, 2.24) is 19.8 Å². The van der Waals surface area contributed by atoms with Crippen LogP contribution in [-0.4, -0.2) is 97.5 Å². The molecule has 5 heteroatoms. The number of likely N-dealkylation sites (N-methyl/N-ethyl adjacent to an activating group) is 1. The van der Waals surface area contributed by atoms with Crippen LogP contribution in [0, 0.1) is 0 Å². The Morgan fingerprint density at radius 3 is 1.81 bits per heavy atom. The summed E-state index contributed by atoms with van der Waals surface area (Å²) in [4.78, 5) is 4.73. The van der Waals surface area contributed by atoms with E-state index in [-0.39, 0.29) is 6.61 Å². The highest BCUT2D eigenvalue weighted by atomic mass is 16.3. The predicted octanol–water partition coefficient (Wildman–Crippen LogP) is -1.24. The molecule has 2 aliphatic rings. The number of piperazine rings is 2. The van der Waals surface area contributed by atoms with Gasteiger partial charge in [0.25, 0.3) is 0 Å². The van der Waals surface area contributed by atoms with Gasteiger partial charge in [0.2, 0.25) is 0 Å². The molecule has 2 fully saturated rings. The fourth-order valence-electron chi connectivity index (χ4n) is 2.46. The number of aliphatic hydroxyl groups is 1. The van der Waals surface area contributed by atoms with Crippen LogP contribution in [0.15, 0.2) is 0 Å². The van der Waals surface area contributed by atoms with Crippen LogP contribution in [0.25, 0.3) is 0 Å². The molecule has 0 amide bonds. The molecule has 2 rings (SSSR count). The third-order valence-corrected chi connectivity index (χ3v) is 3.64. The van der Waals surface area contributed by atoms with Gasteiger partial charge >= 0.3 is 0 Å². The lowest BCUT2D eigenvalue weighted by Crippen LogP contribution is -2.58. The standard InChI is InChI=1S/C11H24N4O/c1-12-2-6-14(7-3-12)15-8-4-13(5-9-15)10-11-16/h16H,2-11H2,1H3. The third-order valence-electron chi connectivity index (χ3n) is 3.64. The van der Waals surface area contributed by atoms with Crippen LogP contribution in [0.4, 0.5) is 0 Å².